The second-order valence-corrected chi connectivity index (χ2v) is 7.10. The zero-order valence-corrected chi connectivity index (χ0v) is 14.8. The molecule has 0 atom stereocenters. The third-order valence-electron chi connectivity index (χ3n) is 4.24. The van der Waals surface area contributed by atoms with Crippen molar-refractivity contribution in [1.29, 1.82) is 5.26 Å². The van der Waals surface area contributed by atoms with Crippen molar-refractivity contribution in [2.24, 2.45) is 0 Å². The first-order valence-corrected chi connectivity index (χ1v) is 9.29. The van der Waals surface area contributed by atoms with Gasteiger partial charge < -0.3 is 10.4 Å². The quantitative estimate of drug-likeness (QED) is 0.560. The van der Waals surface area contributed by atoms with E-state index in [1.54, 1.807) is 17.4 Å². The van der Waals surface area contributed by atoms with E-state index in [0.29, 0.717) is 36.6 Å². The molecule has 5 nitrogen and oxygen atoms in total. The van der Waals surface area contributed by atoms with Gasteiger partial charge in [0, 0.05) is 30.9 Å². The monoisotopic (exact) mass is 347 g/mol. The highest BCUT2D eigenvalue weighted by molar-refractivity contribution is 7.16. The van der Waals surface area contributed by atoms with Gasteiger partial charge in [-0.25, -0.2) is 0 Å². The Labute approximate surface area is 147 Å². The SMILES string of the molecule is C=CCN(CCO)CCC(=O)Nc1sc2c(c1C#N)CCCCC2. The van der Waals surface area contributed by atoms with Crippen molar-refractivity contribution in [3.63, 3.8) is 0 Å². The molecule has 1 aromatic heterocycles. The van der Waals surface area contributed by atoms with Gasteiger partial charge >= 0.3 is 0 Å². The molecule has 0 saturated heterocycles. The van der Waals surface area contributed by atoms with Gasteiger partial charge in [-0.15, -0.1) is 17.9 Å². The summed E-state index contributed by atoms with van der Waals surface area (Å²) in [6.07, 6.45) is 7.52. The number of aryl methyl sites for hydroxylation is 1. The van der Waals surface area contributed by atoms with Crippen LogP contribution in [0.1, 0.15) is 41.7 Å². The van der Waals surface area contributed by atoms with Gasteiger partial charge in [-0.1, -0.05) is 12.5 Å². The Morgan fingerprint density at radius 3 is 2.88 bits per heavy atom. The van der Waals surface area contributed by atoms with Crippen LogP contribution in [0.5, 0.6) is 0 Å². The normalized spacial score (nSPS) is 13.9. The zero-order chi connectivity index (χ0) is 17.4. The number of nitrogens with one attached hydrogen (secondary N) is 1. The molecule has 1 aliphatic rings. The van der Waals surface area contributed by atoms with Crippen LogP contribution in [0.3, 0.4) is 0 Å². The average molecular weight is 347 g/mol. The lowest BCUT2D eigenvalue weighted by molar-refractivity contribution is -0.116. The Balaban J connectivity index is 1.99. The van der Waals surface area contributed by atoms with E-state index in [1.807, 2.05) is 4.90 Å². The molecule has 0 aromatic carbocycles. The number of aliphatic hydroxyl groups is 1. The van der Waals surface area contributed by atoms with Crippen LogP contribution in [-0.2, 0) is 17.6 Å². The molecule has 0 spiro atoms. The summed E-state index contributed by atoms with van der Waals surface area (Å²) in [5.41, 5.74) is 1.80. The smallest absolute Gasteiger partial charge is 0.226 e. The summed E-state index contributed by atoms with van der Waals surface area (Å²) in [5, 5.41) is 22.1. The molecule has 6 heteroatoms. The number of nitrogens with zero attached hydrogens (tertiary/aromatic N) is 2. The van der Waals surface area contributed by atoms with Crippen molar-refractivity contribution in [1.82, 2.24) is 4.90 Å². The molecular weight excluding hydrogens is 322 g/mol. The van der Waals surface area contributed by atoms with Gasteiger partial charge in [0.2, 0.25) is 5.91 Å². The predicted molar refractivity (Wildman–Crippen MR) is 97.3 cm³/mol. The highest BCUT2D eigenvalue weighted by atomic mass is 32.1. The number of hydrogen-bond acceptors (Lipinski definition) is 5. The van der Waals surface area contributed by atoms with E-state index in [0.717, 1.165) is 31.2 Å². The summed E-state index contributed by atoms with van der Waals surface area (Å²) in [6, 6.07) is 2.28. The number of fused-ring (bicyclic) bond motifs is 1. The molecule has 24 heavy (non-hydrogen) atoms. The van der Waals surface area contributed by atoms with Crippen molar-refractivity contribution in [3.05, 3.63) is 28.7 Å². The molecule has 2 rings (SSSR count). The van der Waals surface area contributed by atoms with Gasteiger partial charge in [-0.05, 0) is 31.2 Å². The number of nitriles is 1. The van der Waals surface area contributed by atoms with Crippen molar-refractivity contribution >= 4 is 22.2 Å². The number of aliphatic hydroxyl groups excluding tert-OH is 1. The van der Waals surface area contributed by atoms with E-state index in [1.165, 1.54) is 11.3 Å². The Hall–Kier alpha value is -1.68. The predicted octanol–water partition coefficient (Wildman–Crippen LogP) is 2.70. The van der Waals surface area contributed by atoms with Gasteiger partial charge in [-0.3, -0.25) is 9.69 Å². The van der Waals surface area contributed by atoms with E-state index in [9.17, 15) is 10.1 Å². The topological polar surface area (TPSA) is 76.4 Å². The lowest BCUT2D eigenvalue weighted by Crippen LogP contribution is -2.30. The minimum absolute atomic E-state index is 0.0612. The van der Waals surface area contributed by atoms with Crippen LogP contribution >= 0.6 is 11.3 Å². The van der Waals surface area contributed by atoms with Crippen molar-refractivity contribution in [2.75, 3.05) is 31.6 Å². The zero-order valence-electron chi connectivity index (χ0n) is 14.0. The fraction of sp³-hybridized carbons (Fsp3) is 0.556. The first kappa shape index (κ1) is 18.7. The second-order valence-electron chi connectivity index (χ2n) is 5.99. The Kier molecular flexibility index (Phi) is 7.44. The maximum absolute atomic E-state index is 12.2. The van der Waals surface area contributed by atoms with Crippen molar-refractivity contribution in [3.8, 4) is 6.07 Å². The maximum atomic E-state index is 12.2. The van der Waals surface area contributed by atoms with Crippen LogP contribution in [0.4, 0.5) is 5.00 Å². The molecule has 130 valence electrons. The van der Waals surface area contributed by atoms with Gasteiger partial charge in [-0.2, -0.15) is 5.26 Å². The van der Waals surface area contributed by atoms with Gasteiger partial charge in [0.15, 0.2) is 0 Å². The number of hydrogen-bond donors (Lipinski definition) is 2. The highest BCUT2D eigenvalue weighted by Gasteiger charge is 2.21. The maximum Gasteiger partial charge on any atom is 0.226 e. The number of carbonyl (C=O) groups excluding carboxylic acids is 1. The third kappa shape index (κ3) is 4.91. The molecule has 0 aliphatic heterocycles. The minimum atomic E-state index is -0.0880. The number of carbonyl (C=O) groups is 1. The molecule has 2 N–H and O–H groups in total. The highest BCUT2D eigenvalue weighted by Crippen LogP contribution is 2.36. The summed E-state index contributed by atoms with van der Waals surface area (Å²) in [6.45, 7) is 5.48. The number of rotatable bonds is 8. The lowest BCUT2D eigenvalue weighted by Gasteiger charge is -2.18. The molecule has 1 amide bonds. The minimum Gasteiger partial charge on any atom is -0.395 e. The number of amides is 1. The summed E-state index contributed by atoms with van der Waals surface area (Å²) in [4.78, 5) is 15.5. The van der Waals surface area contributed by atoms with E-state index in [-0.39, 0.29) is 12.5 Å². The van der Waals surface area contributed by atoms with Gasteiger partial charge in [0.1, 0.15) is 11.1 Å². The standard InChI is InChI=1S/C18H25N3O2S/c1-2-9-21(11-12-22)10-8-17(23)20-18-15(13-19)14-6-4-3-5-7-16(14)24-18/h2,22H,1,3-12H2,(H,20,23). The molecule has 1 aromatic rings. The van der Waals surface area contributed by atoms with Crippen molar-refractivity contribution in [2.45, 2.75) is 38.5 Å². The van der Waals surface area contributed by atoms with Crippen LogP contribution < -0.4 is 5.32 Å². The molecule has 1 aliphatic carbocycles. The summed E-state index contributed by atoms with van der Waals surface area (Å²) in [5.74, 6) is -0.0880. The van der Waals surface area contributed by atoms with E-state index in [2.05, 4.69) is 18.0 Å². The first-order chi connectivity index (χ1) is 11.7. The van der Waals surface area contributed by atoms with E-state index in [4.69, 9.17) is 5.11 Å². The summed E-state index contributed by atoms with van der Waals surface area (Å²) < 4.78 is 0. The number of thiophene rings is 1. The molecule has 0 radical (unpaired) electrons. The molecule has 0 unspecified atom stereocenters. The molecule has 0 saturated carbocycles. The Morgan fingerprint density at radius 1 is 1.38 bits per heavy atom. The Morgan fingerprint density at radius 2 is 2.17 bits per heavy atom. The van der Waals surface area contributed by atoms with Gasteiger partial charge in [0.25, 0.3) is 0 Å². The second kappa shape index (κ2) is 9.58. The molecule has 0 fully saturated rings. The fourth-order valence-electron chi connectivity index (χ4n) is 3.02. The van der Waals surface area contributed by atoms with Crippen LogP contribution in [0, 0.1) is 11.3 Å². The first-order valence-electron chi connectivity index (χ1n) is 8.48. The number of anilines is 1. The van der Waals surface area contributed by atoms with Crippen LogP contribution in [0.25, 0.3) is 0 Å². The van der Waals surface area contributed by atoms with Crippen LogP contribution in [0.2, 0.25) is 0 Å². The molecular formula is C18H25N3O2S. The van der Waals surface area contributed by atoms with E-state index >= 15 is 0 Å². The van der Waals surface area contributed by atoms with Gasteiger partial charge in [0.05, 0.1) is 12.2 Å². The molecule has 1 heterocycles. The van der Waals surface area contributed by atoms with Crippen LogP contribution in [-0.4, -0.2) is 42.2 Å². The summed E-state index contributed by atoms with van der Waals surface area (Å²) in [7, 11) is 0. The summed E-state index contributed by atoms with van der Waals surface area (Å²) >= 11 is 1.56. The Bertz CT molecular complexity index is 619. The fourth-order valence-corrected chi connectivity index (χ4v) is 4.27. The largest absolute Gasteiger partial charge is 0.395 e. The van der Waals surface area contributed by atoms with Crippen molar-refractivity contribution < 1.29 is 9.90 Å². The third-order valence-corrected chi connectivity index (χ3v) is 5.45. The lowest BCUT2D eigenvalue weighted by atomic mass is 10.1. The molecule has 0 bridgehead atoms. The van der Waals surface area contributed by atoms with Crippen LogP contribution in [0.15, 0.2) is 12.7 Å². The van der Waals surface area contributed by atoms with E-state index < -0.39 is 0 Å². The average Bonchev–Trinajstić information content (AvgIpc) is 2.73.